The first-order valence-corrected chi connectivity index (χ1v) is 6.37. The highest BCUT2D eigenvalue weighted by atomic mass is 15.0. The van der Waals surface area contributed by atoms with Crippen molar-refractivity contribution in [1.82, 2.24) is 4.98 Å². The number of fused-ring (bicyclic) bond motifs is 1. The number of pyridine rings is 1. The van der Waals surface area contributed by atoms with Crippen molar-refractivity contribution in [2.24, 2.45) is 0 Å². The lowest BCUT2D eigenvalue weighted by molar-refractivity contribution is 0.609. The molecule has 3 heteroatoms. The molecule has 3 rings (SSSR count). The van der Waals surface area contributed by atoms with Gasteiger partial charge in [0.05, 0.1) is 0 Å². The van der Waals surface area contributed by atoms with Gasteiger partial charge in [0.1, 0.15) is 11.6 Å². The highest BCUT2D eigenvalue weighted by Gasteiger charge is 2.18. The minimum Gasteiger partial charge on any atom is -0.384 e. The minimum absolute atomic E-state index is 0.453. The number of anilines is 2. The van der Waals surface area contributed by atoms with Crippen molar-refractivity contribution in [3.63, 3.8) is 0 Å². The molecule has 1 unspecified atom stereocenters. The van der Waals surface area contributed by atoms with Crippen LogP contribution in [0.1, 0.15) is 17.5 Å². The van der Waals surface area contributed by atoms with E-state index in [-0.39, 0.29) is 0 Å². The van der Waals surface area contributed by atoms with Crippen LogP contribution < -0.4 is 11.1 Å². The summed E-state index contributed by atoms with van der Waals surface area (Å²) in [4.78, 5) is 4.29. The highest BCUT2D eigenvalue weighted by Crippen LogP contribution is 2.23. The lowest BCUT2D eigenvalue weighted by Gasteiger charge is -2.25. The van der Waals surface area contributed by atoms with E-state index < -0.39 is 0 Å². The Kier molecular flexibility index (Phi) is 2.89. The number of benzene rings is 1. The molecule has 0 spiro atoms. The van der Waals surface area contributed by atoms with Crippen molar-refractivity contribution >= 4 is 11.6 Å². The Balaban J connectivity index is 1.73. The van der Waals surface area contributed by atoms with Crippen LogP contribution in [-0.4, -0.2) is 11.0 Å². The van der Waals surface area contributed by atoms with Crippen molar-refractivity contribution in [3.05, 3.63) is 53.6 Å². The van der Waals surface area contributed by atoms with E-state index in [1.54, 1.807) is 6.07 Å². The van der Waals surface area contributed by atoms with Gasteiger partial charge in [-0.2, -0.15) is 0 Å². The average molecular weight is 239 g/mol. The molecule has 1 atom stereocenters. The molecule has 1 aromatic carbocycles. The van der Waals surface area contributed by atoms with E-state index in [0.717, 1.165) is 25.1 Å². The number of hydrogen-bond donors (Lipinski definition) is 2. The predicted molar refractivity (Wildman–Crippen MR) is 74.5 cm³/mol. The first-order chi connectivity index (χ1) is 8.81. The number of aromatic nitrogens is 1. The van der Waals surface area contributed by atoms with E-state index in [2.05, 4.69) is 34.6 Å². The molecule has 0 amide bonds. The molecule has 18 heavy (non-hydrogen) atoms. The quantitative estimate of drug-likeness (QED) is 0.847. The fourth-order valence-electron chi connectivity index (χ4n) is 2.56. The summed E-state index contributed by atoms with van der Waals surface area (Å²) in [7, 11) is 0. The Bertz CT molecular complexity index is 551. The lowest BCUT2D eigenvalue weighted by Crippen LogP contribution is -2.27. The minimum atomic E-state index is 0.453. The van der Waals surface area contributed by atoms with Gasteiger partial charge in [0.25, 0.3) is 0 Å². The topological polar surface area (TPSA) is 50.9 Å². The second-order valence-electron chi connectivity index (χ2n) is 4.80. The monoisotopic (exact) mass is 239 g/mol. The number of rotatable bonds is 2. The van der Waals surface area contributed by atoms with E-state index in [1.807, 2.05) is 12.1 Å². The Morgan fingerprint density at radius 3 is 2.72 bits per heavy atom. The van der Waals surface area contributed by atoms with Crippen molar-refractivity contribution in [2.75, 3.05) is 11.1 Å². The molecule has 0 fully saturated rings. The van der Waals surface area contributed by atoms with Crippen LogP contribution in [0.15, 0.2) is 42.5 Å². The second kappa shape index (κ2) is 4.69. The molecular formula is C15H17N3. The highest BCUT2D eigenvalue weighted by molar-refractivity contribution is 5.44. The van der Waals surface area contributed by atoms with Crippen LogP contribution in [0.2, 0.25) is 0 Å². The molecular weight excluding hydrogens is 222 g/mol. The first kappa shape index (κ1) is 11.1. The van der Waals surface area contributed by atoms with Gasteiger partial charge in [-0.25, -0.2) is 4.98 Å². The van der Waals surface area contributed by atoms with Gasteiger partial charge >= 0.3 is 0 Å². The molecule has 92 valence electrons. The second-order valence-corrected chi connectivity index (χ2v) is 4.80. The van der Waals surface area contributed by atoms with Gasteiger partial charge in [-0.05, 0) is 42.5 Å². The molecule has 0 aliphatic heterocycles. The molecule has 0 saturated carbocycles. The van der Waals surface area contributed by atoms with Gasteiger partial charge in [0, 0.05) is 6.04 Å². The van der Waals surface area contributed by atoms with Crippen LogP contribution in [-0.2, 0) is 12.8 Å². The molecule has 0 bridgehead atoms. The number of nitrogens with one attached hydrogen (secondary N) is 1. The zero-order chi connectivity index (χ0) is 12.4. The number of hydrogen-bond acceptors (Lipinski definition) is 3. The van der Waals surface area contributed by atoms with Crippen molar-refractivity contribution < 1.29 is 0 Å². The van der Waals surface area contributed by atoms with E-state index >= 15 is 0 Å². The van der Waals surface area contributed by atoms with Gasteiger partial charge in [0.2, 0.25) is 0 Å². The summed E-state index contributed by atoms with van der Waals surface area (Å²) >= 11 is 0. The Labute approximate surface area is 107 Å². The van der Waals surface area contributed by atoms with Gasteiger partial charge in [-0.3, -0.25) is 0 Å². The van der Waals surface area contributed by atoms with E-state index in [1.165, 1.54) is 11.1 Å². The summed E-state index contributed by atoms with van der Waals surface area (Å²) in [5.74, 6) is 1.44. The molecule has 1 aliphatic carbocycles. The zero-order valence-corrected chi connectivity index (χ0v) is 10.3. The van der Waals surface area contributed by atoms with E-state index in [9.17, 15) is 0 Å². The summed E-state index contributed by atoms with van der Waals surface area (Å²) in [5.41, 5.74) is 8.62. The Morgan fingerprint density at radius 2 is 1.89 bits per heavy atom. The lowest BCUT2D eigenvalue weighted by atomic mass is 9.88. The molecule has 1 heterocycles. The third kappa shape index (κ3) is 2.30. The van der Waals surface area contributed by atoms with E-state index in [0.29, 0.717) is 11.9 Å². The maximum atomic E-state index is 5.69. The van der Waals surface area contributed by atoms with Crippen LogP contribution in [0, 0.1) is 0 Å². The van der Waals surface area contributed by atoms with Crippen LogP contribution in [0.3, 0.4) is 0 Å². The average Bonchev–Trinajstić information content (AvgIpc) is 2.39. The van der Waals surface area contributed by atoms with Crippen molar-refractivity contribution in [3.8, 4) is 0 Å². The summed E-state index contributed by atoms with van der Waals surface area (Å²) in [6.45, 7) is 0. The standard InChI is InChI=1S/C15H17N3/c16-14-6-3-7-15(18-14)17-13-9-8-11-4-1-2-5-12(11)10-13/h1-7,13H,8-10H2,(H3,16,17,18). The molecule has 1 aliphatic rings. The molecule has 1 aromatic heterocycles. The van der Waals surface area contributed by atoms with Gasteiger partial charge in [-0.1, -0.05) is 30.3 Å². The number of nitrogens with zero attached hydrogens (tertiary/aromatic N) is 1. The van der Waals surface area contributed by atoms with Crippen LogP contribution in [0.25, 0.3) is 0 Å². The van der Waals surface area contributed by atoms with Crippen LogP contribution >= 0.6 is 0 Å². The first-order valence-electron chi connectivity index (χ1n) is 6.37. The number of aryl methyl sites for hydroxylation is 1. The maximum Gasteiger partial charge on any atom is 0.128 e. The van der Waals surface area contributed by atoms with Gasteiger partial charge in [0.15, 0.2) is 0 Å². The third-order valence-corrected chi connectivity index (χ3v) is 3.47. The van der Waals surface area contributed by atoms with Crippen molar-refractivity contribution in [1.29, 1.82) is 0 Å². The Morgan fingerprint density at radius 1 is 1.06 bits per heavy atom. The molecule has 3 N–H and O–H groups in total. The predicted octanol–water partition coefficient (Wildman–Crippen LogP) is 2.63. The summed E-state index contributed by atoms with van der Waals surface area (Å²) in [6.07, 6.45) is 3.34. The zero-order valence-electron chi connectivity index (χ0n) is 10.3. The van der Waals surface area contributed by atoms with Crippen LogP contribution in [0.5, 0.6) is 0 Å². The fraction of sp³-hybridized carbons (Fsp3) is 0.267. The number of nitrogens with two attached hydrogens (primary N) is 1. The number of nitrogen functional groups attached to an aromatic ring is 1. The Hall–Kier alpha value is -2.03. The molecule has 2 aromatic rings. The molecule has 3 nitrogen and oxygen atoms in total. The summed E-state index contributed by atoms with van der Waals surface area (Å²) in [5, 5.41) is 3.47. The summed E-state index contributed by atoms with van der Waals surface area (Å²) in [6, 6.07) is 14.8. The van der Waals surface area contributed by atoms with E-state index in [4.69, 9.17) is 5.73 Å². The maximum absolute atomic E-state index is 5.69. The van der Waals surface area contributed by atoms with Gasteiger partial charge < -0.3 is 11.1 Å². The smallest absolute Gasteiger partial charge is 0.128 e. The van der Waals surface area contributed by atoms with Crippen molar-refractivity contribution in [2.45, 2.75) is 25.3 Å². The third-order valence-electron chi connectivity index (χ3n) is 3.47. The van der Waals surface area contributed by atoms with Crippen LogP contribution in [0.4, 0.5) is 11.6 Å². The molecule has 0 saturated heterocycles. The SMILES string of the molecule is Nc1cccc(NC2CCc3ccccc3C2)n1. The largest absolute Gasteiger partial charge is 0.384 e. The fourth-order valence-corrected chi connectivity index (χ4v) is 2.56. The normalized spacial score (nSPS) is 18.1. The summed E-state index contributed by atoms with van der Waals surface area (Å²) < 4.78 is 0. The van der Waals surface area contributed by atoms with Gasteiger partial charge in [-0.15, -0.1) is 0 Å². The molecule has 0 radical (unpaired) electrons.